The van der Waals surface area contributed by atoms with Gasteiger partial charge < -0.3 is 9.47 Å². The number of rotatable bonds is 12. The third-order valence-electron chi connectivity index (χ3n) is 4.08. The lowest BCUT2D eigenvalue weighted by Crippen LogP contribution is -2.02. The highest BCUT2D eigenvalue weighted by Gasteiger charge is 2.15. The van der Waals surface area contributed by atoms with Crippen molar-refractivity contribution in [2.45, 2.75) is 12.8 Å². The van der Waals surface area contributed by atoms with Gasteiger partial charge in [-0.3, -0.25) is 0 Å². The Morgan fingerprint density at radius 2 is 1.50 bits per heavy atom. The van der Waals surface area contributed by atoms with Gasteiger partial charge in [0.15, 0.2) is 0 Å². The van der Waals surface area contributed by atoms with Crippen molar-refractivity contribution in [1.29, 1.82) is 0 Å². The Hall–Kier alpha value is -3.31. The molecule has 0 aromatic rings. The van der Waals surface area contributed by atoms with Crippen molar-refractivity contribution in [3.8, 4) is 0 Å². The Bertz CT molecular complexity index is 1010. The van der Waals surface area contributed by atoms with Gasteiger partial charge in [-0.15, -0.1) is 0 Å². The lowest BCUT2D eigenvalue weighted by Gasteiger charge is -2.14. The summed E-state index contributed by atoms with van der Waals surface area (Å²) in [6.07, 6.45) is 16.0. The number of methoxy groups -OCH3 is 1. The molecule has 1 aliphatic carbocycles. The fourth-order valence-electron chi connectivity index (χ4n) is 2.30. The highest BCUT2D eigenvalue weighted by molar-refractivity contribution is 7.99. The van der Waals surface area contributed by atoms with Gasteiger partial charge in [0.25, 0.3) is 0 Å². The molecular weight excluding hydrogens is 396 g/mol. The molecule has 5 heteroatoms. The number of ether oxygens (including phenoxy) is 2. The molecule has 0 amide bonds. The molecule has 158 valence electrons. The number of sulfone groups is 1. The zero-order valence-electron chi connectivity index (χ0n) is 17.4. The minimum atomic E-state index is -3.75. The van der Waals surface area contributed by atoms with E-state index in [4.69, 9.17) is 9.47 Å². The standard InChI is InChI=1S/C25H28O4S/c1-8-9-10-22(5)30(26,27)23(6)14-13-21(4)29-20(3)12-11-19(2)24-15-17-25(28-7)18-16-24/h8-15,17H,1-6,16,18H2,7H3/b10-9-,12-11-,14-13-. The van der Waals surface area contributed by atoms with Crippen LogP contribution in [0.4, 0.5) is 0 Å². The second-order valence-electron chi connectivity index (χ2n) is 6.29. The van der Waals surface area contributed by atoms with E-state index in [0.29, 0.717) is 5.76 Å². The van der Waals surface area contributed by atoms with Crippen molar-refractivity contribution < 1.29 is 17.9 Å². The minimum absolute atomic E-state index is 0.0843. The SMILES string of the molecule is C=C/C=C\C(=C)S(=O)(=O)C(=C)/C=C\C(=C)OC(=C)/C=C\C(=C)C1=CC=C(OC)CC1. The molecule has 4 nitrogen and oxygen atoms in total. The van der Waals surface area contributed by atoms with Gasteiger partial charge in [0.1, 0.15) is 11.5 Å². The Morgan fingerprint density at radius 3 is 2.03 bits per heavy atom. The molecule has 0 aliphatic heterocycles. The van der Waals surface area contributed by atoms with E-state index in [9.17, 15) is 8.42 Å². The Balaban J connectivity index is 2.65. The molecular formula is C25H28O4S. The molecule has 1 rings (SSSR count). The Morgan fingerprint density at radius 1 is 0.900 bits per heavy atom. The summed E-state index contributed by atoms with van der Waals surface area (Å²) >= 11 is 0. The van der Waals surface area contributed by atoms with E-state index in [1.165, 1.54) is 30.4 Å². The number of hydrogen-bond donors (Lipinski definition) is 0. The van der Waals surface area contributed by atoms with Gasteiger partial charge in [0, 0.05) is 6.42 Å². The van der Waals surface area contributed by atoms with Crippen LogP contribution in [0.5, 0.6) is 0 Å². The van der Waals surface area contributed by atoms with Crippen molar-refractivity contribution in [1.82, 2.24) is 0 Å². The summed E-state index contributed by atoms with van der Waals surface area (Å²) in [7, 11) is -2.09. The molecule has 0 saturated heterocycles. The summed E-state index contributed by atoms with van der Waals surface area (Å²) < 4.78 is 35.2. The van der Waals surface area contributed by atoms with E-state index in [1.807, 2.05) is 12.2 Å². The van der Waals surface area contributed by atoms with Crippen LogP contribution in [-0.2, 0) is 19.3 Å². The van der Waals surface area contributed by atoms with Gasteiger partial charge in [-0.05, 0) is 47.9 Å². The molecule has 0 bridgehead atoms. The monoisotopic (exact) mass is 424 g/mol. The fourth-order valence-corrected chi connectivity index (χ4v) is 3.14. The fraction of sp³-hybridized carbons (Fsp3) is 0.120. The zero-order chi connectivity index (χ0) is 22.7. The molecule has 0 saturated carbocycles. The van der Waals surface area contributed by atoms with E-state index >= 15 is 0 Å². The molecule has 30 heavy (non-hydrogen) atoms. The largest absolute Gasteiger partial charge is 0.501 e. The van der Waals surface area contributed by atoms with Gasteiger partial charge in [0.2, 0.25) is 9.84 Å². The van der Waals surface area contributed by atoms with Crippen molar-refractivity contribution >= 4 is 9.84 Å². The quantitative estimate of drug-likeness (QED) is 0.279. The van der Waals surface area contributed by atoms with Crippen molar-refractivity contribution in [2.24, 2.45) is 0 Å². The molecule has 0 fully saturated rings. The van der Waals surface area contributed by atoms with Gasteiger partial charge in [-0.2, -0.15) is 0 Å². The van der Waals surface area contributed by atoms with E-state index in [1.54, 1.807) is 19.3 Å². The van der Waals surface area contributed by atoms with Crippen LogP contribution in [0.25, 0.3) is 0 Å². The van der Waals surface area contributed by atoms with Crippen molar-refractivity contribution in [2.75, 3.05) is 7.11 Å². The summed E-state index contributed by atoms with van der Waals surface area (Å²) in [6, 6.07) is 0. The maximum atomic E-state index is 12.3. The van der Waals surface area contributed by atoms with Crippen molar-refractivity contribution in [3.05, 3.63) is 132 Å². The first-order valence-corrected chi connectivity index (χ1v) is 10.6. The highest BCUT2D eigenvalue weighted by atomic mass is 32.2. The van der Waals surface area contributed by atoms with Crippen molar-refractivity contribution in [3.63, 3.8) is 0 Å². The van der Waals surface area contributed by atoms with E-state index in [0.717, 1.165) is 29.7 Å². The predicted octanol–water partition coefficient (Wildman–Crippen LogP) is 6.13. The van der Waals surface area contributed by atoms with E-state index < -0.39 is 9.84 Å². The number of allylic oxidation sites excluding steroid dienone is 12. The maximum Gasteiger partial charge on any atom is 0.205 e. The van der Waals surface area contributed by atoms with Crippen LogP contribution in [0.1, 0.15) is 12.8 Å². The first kappa shape index (κ1) is 24.7. The van der Waals surface area contributed by atoms with E-state index in [2.05, 4.69) is 39.5 Å². The molecule has 1 aliphatic rings. The van der Waals surface area contributed by atoms with Crippen LogP contribution in [0, 0.1) is 0 Å². The van der Waals surface area contributed by atoms with Crippen LogP contribution in [0.3, 0.4) is 0 Å². The van der Waals surface area contributed by atoms with Crippen LogP contribution >= 0.6 is 0 Å². The lowest BCUT2D eigenvalue weighted by atomic mass is 9.97. The summed E-state index contributed by atoms with van der Waals surface area (Å²) in [4.78, 5) is -0.216. The third kappa shape index (κ3) is 7.60. The molecule has 0 N–H and O–H groups in total. The second-order valence-corrected chi connectivity index (χ2v) is 8.34. The molecule has 0 radical (unpaired) electrons. The minimum Gasteiger partial charge on any atom is -0.501 e. The molecule has 0 unspecified atom stereocenters. The molecule has 0 atom stereocenters. The third-order valence-corrected chi connectivity index (χ3v) is 5.73. The number of hydrogen-bond acceptors (Lipinski definition) is 4. The molecule has 0 aromatic carbocycles. The van der Waals surface area contributed by atoms with E-state index in [-0.39, 0.29) is 15.6 Å². The summed E-state index contributed by atoms with van der Waals surface area (Å²) in [6.45, 7) is 22.2. The molecule has 0 spiro atoms. The van der Waals surface area contributed by atoms with Gasteiger partial charge in [-0.25, -0.2) is 8.42 Å². The predicted molar refractivity (Wildman–Crippen MR) is 126 cm³/mol. The van der Waals surface area contributed by atoms with Gasteiger partial charge >= 0.3 is 0 Å². The van der Waals surface area contributed by atoms with Crippen LogP contribution in [0.15, 0.2) is 132 Å². The normalized spacial score (nSPS) is 14.3. The van der Waals surface area contributed by atoms with Crippen LogP contribution in [-0.4, -0.2) is 15.5 Å². The van der Waals surface area contributed by atoms with Crippen LogP contribution in [0.2, 0.25) is 0 Å². The molecule has 0 aromatic heterocycles. The Labute approximate surface area is 180 Å². The second kappa shape index (κ2) is 11.6. The topological polar surface area (TPSA) is 52.6 Å². The highest BCUT2D eigenvalue weighted by Crippen LogP contribution is 2.24. The van der Waals surface area contributed by atoms with Gasteiger partial charge in [-0.1, -0.05) is 63.8 Å². The Kier molecular flexibility index (Phi) is 9.59. The van der Waals surface area contributed by atoms with Crippen LogP contribution < -0.4 is 0 Å². The summed E-state index contributed by atoms with van der Waals surface area (Å²) in [5.74, 6) is 1.49. The zero-order valence-corrected chi connectivity index (χ0v) is 18.2. The first-order chi connectivity index (χ1) is 14.1. The smallest absolute Gasteiger partial charge is 0.205 e. The summed E-state index contributed by atoms with van der Waals surface area (Å²) in [5, 5.41) is 0. The molecule has 0 heterocycles. The first-order valence-electron chi connectivity index (χ1n) is 9.08. The lowest BCUT2D eigenvalue weighted by molar-refractivity contribution is 0.276. The maximum absolute atomic E-state index is 12.3. The summed E-state index contributed by atoms with van der Waals surface area (Å²) in [5.41, 5.74) is 1.95. The average Bonchev–Trinajstić information content (AvgIpc) is 2.73. The van der Waals surface area contributed by atoms with Gasteiger partial charge in [0.05, 0.1) is 22.7 Å². The average molecular weight is 425 g/mol.